The number of hydrogen-bond acceptors (Lipinski definition) is 5. The molecule has 0 saturated heterocycles. The number of allylic oxidation sites excluding steroid dienone is 16. The van der Waals surface area contributed by atoms with Crippen molar-refractivity contribution >= 4 is 28.1 Å². The molecule has 0 bridgehead atoms. The lowest BCUT2D eigenvalue weighted by Gasteiger charge is -2.20. The van der Waals surface area contributed by atoms with Gasteiger partial charge in [0, 0.05) is 16.7 Å². The zero-order valence-electron chi connectivity index (χ0n) is 32.1. The Balaban J connectivity index is 2.17. The molecule has 2 aliphatic rings. The summed E-state index contributed by atoms with van der Waals surface area (Å²) in [6, 6.07) is 18.0. The molecule has 0 fully saturated rings. The predicted molar refractivity (Wildman–Crippen MR) is 216 cm³/mol. The summed E-state index contributed by atoms with van der Waals surface area (Å²) in [5.74, 6) is -3.10. The summed E-state index contributed by atoms with van der Waals surface area (Å²) in [4.78, 5) is 9.89. The van der Waals surface area contributed by atoms with Crippen LogP contribution in [0.25, 0.3) is 31.3 Å². The smallest absolute Gasteiger partial charge is 0.239 e. The molecule has 0 atom stereocenters. The molecule has 64 heavy (non-hydrogen) atoms. The maximum absolute atomic E-state index is 17.4. The Morgan fingerprint density at radius 2 is 1.20 bits per heavy atom. The van der Waals surface area contributed by atoms with Crippen molar-refractivity contribution in [2.24, 2.45) is 0 Å². The molecule has 0 heterocycles. The van der Waals surface area contributed by atoms with Gasteiger partial charge in [-0.2, -0.15) is 52.7 Å². The van der Waals surface area contributed by atoms with E-state index in [0.717, 1.165) is 60.7 Å². The first-order valence-corrected chi connectivity index (χ1v) is 17.5. The molecule has 306 valence electrons. The Morgan fingerprint density at radius 1 is 0.641 bits per heavy atom. The van der Waals surface area contributed by atoms with Gasteiger partial charge in [0.2, 0.25) is 5.70 Å². The van der Waals surface area contributed by atoms with Crippen LogP contribution in [0.5, 0.6) is 0 Å². The van der Waals surface area contributed by atoms with Gasteiger partial charge in [-0.05, 0) is 87.0 Å². The maximum Gasteiger partial charge on any atom is 0.416 e. The summed E-state index contributed by atoms with van der Waals surface area (Å²) in [6.45, 7) is 30.1. The predicted octanol–water partition coefficient (Wildman–Crippen LogP) is 13.2. The SMILES string of the molecule is [C-]#[N+]C1=C(F)/C(=C(/C#N)c2cc([N+]#[C-])cc([N+]#[C-])c2)C2=C1/C(c1ccc(C(F)(F)F)cc1)=C/C(C#N)=C(F)\C(=C(\C#N)c1cc(C#N)cc(C#N)c1)\C=C\2C(=C)/C=C\C(=C)C(F)(F)F. The summed E-state index contributed by atoms with van der Waals surface area (Å²) < 4.78 is 118. The van der Waals surface area contributed by atoms with Crippen LogP contribution in [0.3, 0.4) is 0 Å². The van der Waals surface area contributed by atoms with Crippen LogP contribution >= 0.6 is 0 Å². The van der Waals surface area contributed by atoms with Crippen LogP contribution in [0, 0.1) is 76.4 Å². The van der Waals surface area contributed by atoms with E-state index < -0.39 is 96.6 Å². The lowest BCUT2D eigenvalue weighted by molar-refractivity contribution is -0.137. The van der Waals surface area contributed by atoms with Crippen LogP contribution in [0.4, 0.5) is 46.5 Å². The van der Waals surface area contributed by atoms with Gasteiger partial charge in [-0.15, -0.1) is 0 Å². The lowest BCUT2D eigenvalue weighted by Crippen LogP contribution is -2.08. The van der Waals surface area contributed by atoms with Crippen molar-refractivity contribution in [1.29, 1.82) is 26.3 Å². The fourth-order valence-corrected chi connectivity index (χ4v) is 6.44. The minimum absolute atomic E-state index is 0.208. The Labute approximate surface area is 359 Å². The first kappa shape index (κ1) is 45.5. The molecular formula is C48H18F8N8. The van der Waals surface area contributed by atoms with Gasteiger partial charge in [0.25, 0.3) is 0 Å². The zero-order chi connectivity index (χ0) is 47.3. The minimum Gasteiger partial charge on any atom is -0.239 e. The van der Waals surface area contributed by atoms with E-state index in [1.807, 2.05) is 0 Å². The number of benzene rings is 3. The van der Waals surface area contributed by atoms with E-state index >= 15 is 8.78 Å². The Hall–Kier alpha value is -9.58. The summed E-state index contributed by atoms with van der Waals surface area (Å²) >= 11 is 0. The highest BCUT2D eigenvalue weighted by Gasteiger charge is 2.39. The average molecular weight is 859 g/mol. The number of halogens is 8. The second-order valence-corrected chi connectivity index (χ2v) is 13.2. The Bertz CT molecular complexity index is 3190. The summed E-state index contributed by atoms with van der Waals surface area (Å²) in [7, 11) is 0. The average Bonchev–Trinajstić information content (AvgIpc) is 3.58. The number of alkyl halides is 6. The maximum atomic E-state index is 17.4. The summed E-state index contributed by atoms with van der Waals surface area (Å²) in [5.41, 5.74) is -12.7. The lowest BCUT2D eigenvalue weighted by atomic mass is 9.83. The van der Waals surface area contributed by atoms with Gasteiger partial charge in [-0.1, -0.05) is 55.6 Å². The zero-order valence-corrected chi connectivity index (χ0v) is 32.1. The number of rotatable bonds is 6. The fraction of sp³-hybridized carbons (Fsp3) is 0.0417. The first-order chi connectivity index (χ1) is 30.3. The molecule has 5 rings (SSSR count). The van der Waals surface area contributed by atoms with Crippen LogP contribution in [0.15, 0.2) is 160 Å². The quantitative estimate of drug-likeness (QED) is 0.105. The monoisotopic (exact) mass is 858 g/mol. The Morgan fingerprint density at radius 3 is 1.67 bits per heavy atom. The number of nitrogens with zero attached hydrogens (tertiary/aromatic N) is 8. The molecule has 2 aliphatic carbocycles. The molecule has 0 N–H and O–H groups in total. The van der Waals surface area contributed by atoms with Crippen molar-refractivity contribution in [3.05, 3.63) is 228 Å². The van der Waals surface area contributed by atoms with E-state index in [-0.39, 0.29) is 39.2 Å². The van der Waals surface area contributed by atoms with Crippen molar-refractivity contribution in [2.45, 2.75) is 12.4 Å². The second-order valence-electron chi connectivity index (χ2n) is 13.2. The van der Waals surface area contributed by atoms with E-state index in [4.69, 9.17) is 19.7 Å². The standard InChI is InChI=1S/C48H18F8N8/c1-25(6-7-26(2)47(51,52)53)36-19-38(39(23-60)30-13-27(20-57)12-28(14-30)21-58)44(49)32(22-59)17-37(29-8-10-33(11-9-29)48(54,55)56)43-41(36)42(45(50)46(43)64-5)40(24-61)31-15-34(62-3)18-35(16-31)63-4/h6-19H,1-2H2/b7-6-,36-19+,37-17+,39-38-,42-40-,44-32-. The largest absolute Gasteiger partial charge is 0.416 e. The van der Waals surface area contributed by atoms with Crippen molar-refractivity contribution in [2.75, 3.05) is 0 Å². The molecule has 0 unspecified atom stereocenters. The summed E-state index contributed by atoms with van der Waals surface area (Å²) in [6.07, 6.45) is -7.35. The van der Waals surface area contributed by atoms with E-state index in [1.54, 1.807) is 30.3 Å². The minimum atomic E-state index is -5.03. The van der Waals surface area contributed by atoms with Crippen LogP contribution < -0.4 is 0 Å². The topological polar surface area (TPSA) is 132 Å². The molecule has 0 aromatic heterocycles. The van der Waals surface area contributed by atoms with Gasteiger partial charge in [0.1, 0.15) is 29.9 Å². The van der Waals surface area contributed by atoms with Crippen LogP contribution in [0.2, 0.25) is 0 Å². The molecule has 0 saturated carbocycles. The van der Waals surface area contributed by atoms with Crippen LogP contribution in [0.1, 0.15) is 33.4 Å². The van der Waals surface area contributed by atoms with Crippen molar-refractivity contribution in [1.82, 2.24) is 0 Å². The molecule has 0 spiro atoms. The number of nitriles is 5. The van der Waals surface area contributed by atoms with E-state index in [2.05, 4.69) is 27.7 Å². The summed E-state index contributed by atoms with van der Waals surface area (Å²) in [5, 5.41) is 51.3. The third-order valence-electron chi connectivity index (χ3n) is 9.38. The molecule has 0 radical (unpaired) electrons. The van der Waals surface area contributed by atoms with E-state index in [9.17, 15) is 52.7 Å². The normalized spacial score (nSPS) is 18.2. The molecule has 3 aromatic rings. The molecular weight excluding hydrogens is 841 g/mol. The van der Waals surface area contributed by atoms with Crippen molar-refractivity contribution in [3.8, 4) is 30.3 Å². The highest BCUT2D eigenvalue weighted by molar-refractivity contribution is 6.00. The molecule has 16 heteroatoms. The third kappa shape index (κ3) is 8.81. The molecule has 3 aromatic carbocycles. The van der Waals surface area contributed by atoms with Gasteiger partial charge < -0.3 is 0 Å². The fourth-order valence-electron chi connectivity index (χ4n) is 6.44. The van der Waals surface area contributed by atoms with Gasteiger partial charge in [0.15, 0.2) is 11.4 Å². The third-order valence-corrected chi connectivity index (χ3v) is 9.38. The first-order valence-electron chi connectivity index (χ1n) is 17.5. The molecule has 0 amide bonds. The van der Waals surface area contributed by atoms with E-state index in [0.29, 0.717) is 24.3 Å². The van der Waals surface area contributed by atoms with Gasteiger partial charge in [-0.3, -0.25) is 0 Å². The van der Waals surface area contributed by atoms with Crippen molar-refractivity contribution in [3.63, 3.8) is 0 Å². The second kappa shape index (κ2) is 18.0. The van der Waals surface area contributed by atoms with Crippen LogP contribution in [-0.4, -0.2) is 6.18 Å². The Kier molecular flexibility index (Phi) is 12.8. The highest BCUT2D eigenvalue weighted by Crippen LogP contribution is 2.53. The van der Waals surface area contributed by atoms with Gasteiger partial charge >= 0.3 is 12.4 Å². The van der Waals surface area contributed by atoms with E-state index in [1.165, 1.54) is 0 Å². The van der Waals surface area contributed by atoms with Crippen molar-refractivity contribution < 1.29 is 35.1 Å². The highest BCUT2D eigenvalue weighted by atomic mass is 19.4. The van der Waals surface area contributed by atoms with Crippen LogP contribution in [-0.2, 0) is 6.18 Å². The molecule has 8 nitrogen and oxygen atoms in total. The van der Waals surface area contributed by atoms with Gasteiger partial charge in [-0.25, -0.2) is 23.3 Å². The number of hydrogen-bond donors (Lipinski definition) is 0. The van der Waals surface area contributed by atoms with Gasteiger partial charge in [0.05, 0.1) is 65.3 Å². The molecule has 0 aliphatic heterocycles.